The lowest BCUT2D eigenvalue weighted by molar-refractivity contribution is 0.0794. The smallest absolute Gasteiger partial charge is 0.255 e. The molecule has 0 bridgehead atoms. The predicted octanol–water partition coefficient (Wildman–Crippen LogP) is 2.05. The standard InChI is InChI=1S/C15H17N5O2/c1-3-6-19(2)15(21)10-8-11(16)14-17-13(18-20(14)9-10)12-5-4-7-22-12/h4-5,7-9H,3,6,16H2,1-2H3. The van der Waals surface area contributed by atoms with Gasteiger partial charge < -0.3 is 15.1 Å². The zero-order chi connectivity index (χ0) is 15.7. The molecule has 0 aromatic carbocycles. The largest absolute Gasteiger partial charge is 0.461 e. The number of carbonyl (C=O) groups is 1. The lowest BCUT2D eigenvalue weighted by atomic mass is 10.2. The Kier molecular flexibility index (Phi) is 3.54. The van der Waals surface area contributed by atoms with Gasteiger partial charge in [-0.15, -0.1) is 5.10 Å². The van der Waals surface area contributed by atoms with E-state index in [1.165, 1.54) is 4.52 Å². The van der Waals surface area contributed by atoms with Crippen LogP contribution in [-0.4, -0.2) is 39.0 Å². The number of hydrogen-bond donors (Lipinski definition) is 1. The molecule has 3 rings (SSSR count). The van der Waals surface area contributed by atoms with Gasteiger partial charge in [0.1, 0.15) is 0 Å². The van der Waals surface area contributed by atoms with Crippen molar-refractivity contribution in [3.63, 3.8) is 0 Å². The maximum absolute atomic E-state index is 12.4. The Bertz CT molecular complexity index is 807. The fraction of sp³-hybridized carbons (Fsp3) is 0.267. The molecule has 7 heteroatoms. The molecule has 0 aliphatic rings. The molecule has 0 saturated carbocycles. The highest BCUT2D eigenvalue weighted by Gasteiger charge is 2.16. The van der Waals surface area contributed by atoms with Gasteiger partial charge in [0.2, 0.25) is 5.82 Å². The molecule has 7 nitrogen and oxygen atoms in total. The fourth-order valence-electron chi connectivity index (χ4n) is 2.30. The minimum Gasteiger partial charge on any atom is -0.461 e. The van der Waals surface area contributed by atoms with Crippen LogP contribution in [0.2, 0.25) is 0 Å². The van der Waals surface area contributed by atoms with Crippen molar-refractivity contribution in [3.05, 3.63) is 36.2 Å². The fourth-order valence-corrected chi connectivity index (χ4v) is 2.30. The summed E-state index contributed by atoms with van der Waals surface area (Å²) in [6.07, 6.45) is 4.09. The van der Waals surface area contributed by atoms with Gasteiger partial charge in [-0.1, -0.05) is 6.92 Å². The van der Waals surface area contributed by atoms with Crippen LogP contribution in [0.5, 0.6) is 0 Å². The number of anilines is 1. The summed E-state index contributed by atoms with van der Waals surface area (Å²) in [6, 6.07) is 5.16. The third kappa shape index (κ3) is 2.41. The summed E-state index contributed by atoms with van der Waals surface area (Å²) in [5.74, 6) is 0.896. The van der Waals surface area contributed by atoms with Gasteiger partial charge in [0.05, 0.1) is 17.5 Å². The summed E-state index contributed by atoms with van der Waals surface area (Å²) in [5.41, 5.74) is 7.40. The number of furan rings is 1. The number of amides is 1. The molecule has 3 heterocycles. The maximum atomic E-state index is 12.4. The molecule has 0 atom stereocenters. The highest BCUT2D eigenvalue weighted by atomic mass is 16.3. The van der Waals surface area contributed by atoms with Crippen molar-refractivity contribution in [2.75, 3.05) is 19.3 Å². The Balaban J connectivity index is 2.03. The monoisotopic (exact) mass is 299 g/mol. The quantitative estimate of drug-likeness (QED) is 0.796. The predicted molar refractivity (Wildman–Crippen MR) is 82.4 cm³/mol. The Morgan fingerprint density at radius 1 is 1.50 bits per heavy atom. The van der Waals surface area contributed by atoms with E-state index in [-0.39, 0.29) is 5.91 Å². The van der Waals surface area contributed by atoms with Crippen molar-refractivity contribution in [1.82, 2.24) is 19.5 Å². The number of fused-ring (bicyclic) bond motifs is 1. The molecule has 0 saturated heterocycles. The summed E-state index contributed by atoms with van der Waals surface area (Å²) >= 11 is 0. The van der Waals surface area contributed by atoms with Gasteiger partial charge in [-0.3, -0.25) is 4.79 Å². The second-order valence-corrected chi connectivity index (χ2v) is 5.09. The van der Waals surface area contributed by atoms with Gasteiger partial charge in [0.25, 0.3) is 5.91 Å². The summed E-state index contributed by atoms with van der Waals surface area (Å²) in [5, 5.41) is 4.33. The molecule has 0 fully saturated rings. The van der Waals surface area contributed by atoms with Crippen molar-refractivity contribution < 1.29 is 9.21 Å². The summed E-state index contributed by atoms with van der Waals surface area (Å²) in [7, 11) is 1.77. The molecule has 0 unspecified atom stereocenters. The van der Waals surface area contributed by atoms with Crippen LogP contribution in [0.25, 0.3) is 17.2 Å². The van der Waals surface area contributed by atoms with Crippen LogP contribution in [0.3, 0.4) is 0 Å². The van der Waals surface area contributed by atoms with Crippen LogP contribution < -0.4 is 5.73 Å². The molecular formula is C15H17N5O2. The zero-order valence-corrected chi connectivity index (χ0v) is 12.5. The van der Waals surface area contributed by atoms with E-state index in [9.17, 15) is 4.79 Å². The highest BCUT2D eigenvalue weighted by molar-refractivity contribution is 5.95. The lowest BCUT2D eigenvalue weighted by Gasteiger charge is -2.16. The number of carbonyl (C=O) groups excluding carboxylic acids is 1. The molecule has 114 valence electrons. The molecule has 0 spiro atoms. The SMILES string of the molecule is CCCN(C)C(=O)c1cc(N)c2nc(-c3ccco3)nn2c1. The molecule has 0 radical (unpaired) electrons. The van der Waals surface area contributed by atoms with E-state index in [2.05, 4.69) is 10.1 Å². The van der Waals surface area contributed by atoms with Crippen LogP contribution in [-0.2, 0) is 0 Å². The van der Waals surface area contributed by atoms with E-state index in [1.54, 1.807) is 42.6 Å². The van der Waals surface area contributed by atoms with E-state index in [0.717, 1.165) is 6.42 Å². The van der Waals surface area contributed by atoms with Crippen molar-refractivity contribution in [1.29, 1.82) is 0 Å². The number of nitrogens with two attached hydrogens (primary N) is 1. The average Bonchev–Trinajstić information content (AvgIpc) is 3.15. The molecular weight excluding hydrogens is 282 g/mol. The Morgan fingerprint density at radius 2 is 2.32 bits per heavy atom. The van der Waals surface area contributed by atoms with E-state index in [4.69, 9.17) is 10.2 Å². The van der Waals surface area contributed by atoms with E-state index in [0.29, 0.717) is 35.0 Å². The van der Waals surface area contributed by atoms with Crippen LogP contribution >= 0.6 is 0 Å². The van der Waals surface area contributed by atoms with Gasteiger partial charge >= 0.3 is 0 Å². The van der Waals surface area contributed by atoms with E-state index < -0.39 is 0 Å². The minimum atomic E-state index is -0.0921. The Hall–Kier alpha value is -2.83. The van der Waals surface area contributed by atoms with E-state index >= 15 is 0 Å². The third-order valence-corrected chi connectivity index (χ3v) is 3.36. The number of rotatable bonds is 4. The molecule has 0 aliphatic heterocycles. The van der Waals surface area contributed by atoms with Gasteiger partial charge in [-0.05, 0) is 24.6 Å². The second-order valence-electron chi connectivity index (χ2n) is 5.09. The number of hydrogen-bond acceptors (Lipinski definition) is 5. The normalized spacial score (nSPS) is 11.0. The second kappa shape index (κ2) is 5.51. The third-order valence-electron chi connectivity index (χ3n) is 3.36. The number of nitrogens with zero attached hydrogens (tertiary/aromatic N) is 4. The molecule has 3 aromatic heterocycles. The zero-order valence-electron chi connectivity index (χ0n) is 12.5. The highest BCUT2D eigenvalue weighted by Crippen LogP contribution is 2.21. The Labute approximate surface area is 127 Å². The van der Waals surface area contributed by atoms with Gasteiger partial charge in [-0.2, -0.15) is 0 Å². The van der Waals surface area contributed by atoms with Crippen LogP contribution in [0, 0.1) is 0 Å². The Morgan fingerprint density at radius 3 is 3.00 bits per heavy atom. The molecule has 2 N–H and O–H groups in total. The van der Waals surface area contributed by atoms with Crippen molar-refractivity contribution in [3.8, 4) is 11.6 Å². The van der Waals surface area contributed by atoms with Gasteiger partial charge in [-0.25, -0.2) is 9.50 Å². The summed E-state index contributed by atoms with van der Waals surface area (Å²) in [6.45, 7) is 2.71. The topological polar surface area (TPSA) is 89.7 Å². The van der Waals surface area contributed by atoms with Crippen LogP contribution in [0.1, 0.15) is 23.7 Å². The average molecular weight is 299 g/mol. The van der Waals surface area contributed by atoms with Gasteiger partial charge in [0.15, 0.2) is 11.4 Å². The molecule has 22 heavy (non-hydrogen) atoms. The first-order chi connectivity index (χ1) is 10.6. The first-order valence-corrected chi connectivity index (χ1v) is 7.05. The van der Waals surface area contributed by atoms with Crippen molar-refractivity contribution >= 4 is 17.2 Å². The van der Waals surface area contributed by atoms with Crippen molar-refractivity contribution in [2.45, 2.75) is 13.3 Å². The number of pyridine rings is 1. The van der Waals surface area contributed by atoms with Crippen molar-refractivity contribution in [2.24, 2.45) is 0 Å². The van der Waals surface area contributed by atoms with E-state index in [1.807, 2.05) is 6.92 Å². The molecule has 1 amide bonds. The maximum Gasteiger partial charge on any atom is 0.255 e. The van der Waals surface area contributed by atoms with Gasteiger partial charge in [0, 0.05) is 19.8 Å². The van der Waals surface area contributed by atoms with Crippen LogP contribution in [0.15, 0.2) is 35.1 Å². The molecule has 0 aliphatic carbocycles. The minimum absolute atomic E-state index is 0.0921. The summed E-state index contributed by atoms with van der Waals surface area (Å²) < 4.78 is 6.80. The number of aromatic nitrogens is 3. The molecule has 3 aromatic rings. The first-order valence-electron chi connectivity index (χ1n) is 7.05. The summed E-state index contributed by atoms with van der Waals surface area (Å²) in [4.78, 5) is 18.4. The number of nitrogen functional groups attached to an aromatic ring is 1. The van der Waals surface area contributed by atoms with Crippen LogP contribution in [0.4, 0.5) is 5.69 Å². The first kappa shape index (κ1) is 14.1. The lowest BCUT2D eigenvalue weighted by Crippen LogP contribution is -2.27.